The molecule has 0 fully saturated rings. The molecule has 6 nitrogen and oxygen atoms in total. The van der Waals surface area contributed by atoms with Gasteiger partial charge in [-0.3, -0.25) is 14.9 Å². The van der Waals surface area contributed by atoms with E-state index >= 15 is 0 Å². The van der Waals surface area contributed by atoms with Crippen LogP contribution in [0.2, 0.25) is 0 Å². The van der Waals surface area contributed by atoms with E-state index in [1.165, 1.54) is 12.1 Å². The number of hydrogen-bond acceptors (Lipinski definition) is 4. The highest BCUT2D eigenvalue weighted by Gasteiger charge is 2.08. The Balaban J connectivity index is 2.53. The zero-order chi connectivity index (χ0) is 12.7. The molecule has 0 spiro atoms. The van der Waals surface area contributed by atoms with Crippen LogP contribution in [0, 0.1) is 10.1 Å². The standard InChI is InChI=1S/C11H15N3O3/c1-12-5-6-13-11(15)8-9-3-2-4-10(7-9)14(16)17/h2-4,7,12H,5-6,8H2,1H3,(H,13,15). The van der Waals surface area contributed by atoms with E-state index in [4.69, 9.17) is 0 Å². The molecule has 0 aliphatic rings. The van der Waals surface area contributed by atoms with Crippen LogP contribution in [0.4, 0.5) is 5.69 Å². The Morgan fingerprint density at radius 2 is 2.18 bits per heavy atom. The maximum Gasteiger partial charge on any atom is 0.269 e. The zero-order valence-corrected chi connectivity index (χ0v) is 9.60. The normalized spacial score (nSPS) is 9.94. The van der Waals surface area contributed by atoms with Crippen LogP contribution in [0.1, 0.15) is 5.56 Å². The van der Waals surface area contributed by atoms with Gasteiger partial charge in [0, 0.05) is 25.2 Å². The molecule has 1 amide bonds. The van der Waals surface area contributed by atoms with E-state index in [0.29, 0.717) is 18.7 Å². The summed E-state index contributed by atoms with van der Waals surface area (Å²) in [5.74, 6) is -0.138. The number of carbonyl (C=O) groups is 1. The third kappa shape index (κ3) is 4.60. The van der Waals surface area contributed by atoms with Crippen molar-refractivity contribution in [3.63, 3.8) is 0 Å². The smallest absolute Gasteiger partial charge is 0.269 e. The van der Waals surface area contributed by atoms with Crippen LogP contribution in [-0.2, 0) is 11.2 Å². The number of amides is 1. The molecule has 0 atom stereocenters. The van der Waals surface area contributed by atoms with Crippen molar-refractivity contribution in [2.24, 2.45) is 0 Å². The van der Waals surface area contributed by atoms with Gasteiger partial charge in [0.25, 0.3) is 5.69 Å². The van der Waals surface area contributed by atoms with Crippen molar-refractivity contribution < 1.29 is 9.72 Å². The molecule has 2 N–H and O–H groups in total. The highest BCUT2D eigenvalue weighted by atomic mass is 16.6. The van der Waals surface area contributed by atoms with Crippen LogP contribution < -0.4 is 10.6 Å². The first-order valence-corrected chi connectivity index (χ1v) is 5.28. The van der Waals surface area contributed by atoms with Gasteiger partial charge in [0.15, 0.2) is 0 Å². The number of likely N-dealkylation sites (N-methyl/N-ethyl adjacent to an activating group) is 1. The van der Waals surface area contributed by atoms with Crippen molar-refractivity contribution in [3.05, 3.63) is 39.9 Å². The van der Waals surface area contributed by atoms with E-state index < -0.39 is 4.92 Å². The number of hydrogen-bond donors (Lipinski definition) is 2. The lowest BCUT2D eigenvalue weighted by Gasteiger charge is -2.04. The van der Waals surface area contributed by atoms with Gasteiger partial charge in [0.05, 0.1) is 11.3 Å². The number of carbonyl (C=O) groups excluding carboxylic acids is 1. The fourth-order valence-electron chi connectivity index (χ4n) is 1.35. The van der Waals surface area contributed by atoms with Crippen molar-refractivity contribution in [2.75, 3.05) is 20.1 Å². The van der Waals surface area contributed by atoms with Gasteiger partial charge in [0.1, 0.15) is 0 Å². The molecule has 0 heterocycles. The molecule has 0 radical (unpaired) electrons. The van der Waals surface area contributed by atoms with Crippen LogP contribution >= 0.6 is 0 Å². The second kappa shape index (κ2) is 6.59. The Morgan fingerprint density at radius 3 is 2.82 bits per heavy atom. The van der Waals surface area contributed by atoms with E-state index in [9.17, 15) is 14.9 Å². The summed E-state index contributed by atoms with van der Waals surface area (Å²) in [4.78, 5) is 21.5. The quantitative estimate of drug-likeness (QED) is 0.428. The fraction of sp³-hybridized carbons (Fsp3) is 0.364. The molecule has 0 bridgehead atoms. The lowest BCUT2D eigenvalue weighted by molar-refractivity contribution is -0.384. The minimum absolute atomic E-state index is 0.00512. The molecule has 0 aromatic heterocycles. The van der Waals surface area contributed by atoms with Crippen LogP contribution in [-0.4, -0.2) is 31.0 Å². The maximum atomic E-state index is 11.5. The molecule has 0 saturated heterocycles. The summed E-state index contributed by atoms with van der Waals surface area (Å²) in [6, 6.07) is 6.10. The summed E-state index contributed by atoms with van der Waals surface area (Å²) >= 11 is 0. The average molecular weight is 237 g/mol. The first-order valence-electron chi connectivity index (χ1n) is 5.28. The molecular weight excluding hydrogens is 222 g/mol. The van der Waals surface area contributed by atoms with Gasteiger partial charge >= 0.3 is 0 Å². The predicted molar refractivity (Wildman–Crippen MR) is 63.7 cm³/mol. The van der Waals surface area contributed by atoms with Crippen LogP contribution in [0.5, 0.6) is 0 Å². The zero-order valence-electron chi connectivity index (χ0n) is 9.60. The molecule has 0 saturated carbocycles. The molecule has 1 rings (SSSR count). The molecule has 0 aliphatic carbocycles. The van der Waals surface area contributed by atoms with Gasteiger partial charge in [-0.1, -0.05) is 12.1 Å². The number of nitrogens with one attached hydrogen (secondary N) is 2. The number of benzene rings is 1. The van der Waals surface area contributed by atoms with Gasteiger partial charge in [-0.15, -0.1) is 0 Å². The minimum atomic E-state index is -0.470. The van der Waals surface area contributed by atoms with Crippen molar-refractivity contribution in [1.82, 2.24) is 10.6 Å². The Bertz CT molecular complexity index is 407. The van der Waals surface area contributed by atoms with E-state index in [1.54, 1.807) is 19.2 Å². The first kappa shape index (κ1) is 13.1. The second-order valence-corrected chi connectivity index (χ2v) is 3.56. The Hall–Kier alpha value is -1.95. The van der Waals surface area contributed by atoms with E-state index in [2.05, 4.69) is 10.6 Å². The van der Waals surface area contributed by atoms with Crippen molar-refractivity contribution in [3.8, 4) is 0 Å². The molecule has 1 aromatic carbocycles. The van der Waals surface area contributed by atoms with Gasteiger partial charge in [0.2, 0.25) is 5.91 Å². The number of nitrogens with zero attached hydrogens (tertiary/aromatic N) is 1. The Morgan fingerprint density at radius 1 is 1.41 bits per heavy atom. The summed E-state index contributed by atoms with van der Waals surface area (Å²) in [5.41, 5.74) is 0.645. The summed E-state index contributed by atoms with van der Waals surface area (Å²) in [6.07, 6.45) is 0.158. The topological polar surface area (TPSA) is 84.3 Å². The predicted octanol–water partition coefficient (Wildman–Crippen LogP) is 0.473. The molecule has 0 aliphatic heterocycles. The van der Waals surface area contributed by atoms with Crippen molar-refractivity contribution >= 4 is 11.6 Å². The van der Waals surface area contributed by atoms with Gasteiger partial charge in [-0.2, -0.15) is 0 Å². The summed E-state index contributed by atoms with van der Waals surface area (Å²) < 4.78 is 0. The highest BCUT2D eigenvalue weighted by molar-refractivity contribution is 5.78. The van der Waals surface area contributed by atoms with Crippen LogP contribution in [0.3, 0.4) is 0 Å². The molecule has 0 unspecified atom stereocenters. The van der Waals surface area contributed by atoms with E-state index in [-0.39, 0.29) is 18.0 Å². The molecule has 17 heavy (non-hydrogen) atoms. The monoisotopic (exact) mass is 237 g/mol. The third-order valence-electron chi connectivity index (χ3n) is 2.18. The second-order valence-electron chi connectivity index (χ2n) is 3.56. The first-order chi connectivity index (χ1) is 8.13. The third-order valence-corrected chi connectivity index (χ3v) is 2.18. The van der Waals surface area contributed by atoms with E-state index in [0.717, 1.165) is 0 Å². The SMILES string of the molecule is CNCCNC(=O)Cc1cccc([N+](=O)[O-])c1. The van der Waals surface area contributed by atoms with Crippen LogP contribution in [0.25, 0.3) is 0 Å². The summed E-state index contributed by atoms with van der Waals surface area (Å²) in [5, 5.41) is 16.2. The summed E-state index contributed by atoms with van der Waals surface area (Å²) in [7, 11) is 1.80. The minimum Gasteiger partial charge on any atom is -0.355 e. The fourth-order valence-corrected chi connectivity index (χ4v) is 1.35. The lowest BCUT2D eigenvalue weighted by Crippen LogP contribution is -2.31. The number of rotatable bonds is 6. The number of nitro benzene ring substituents is 1. The van der Waals surface area contributed by atoms with Crippen molar-refractivity contribution in [1.29, 1.82) is 0 Å². The van der Waals surface area contributed by atoms with Crippen LogP contribution in [0.15, 0.2) is 24.3 Å². The number of non-ortho nitro benzene ring substituents is 1. The molecule has 92 valence electrons. The molecular formula is C11H15N3O3. The van der Waals surface area contributed by atoms with Gasteiger partial charge in [-0.25, -0.2) is 0 Å². The molecule has 6 heteroatoms. The van der Waals surface area contributed by atoms with E-state index in [1.807, 2.05) is 0 Å². The highest BCUT2D eigenvalue weighted by Crippen LogP contribution is 2.13. The lowest BCUT2D eigenvalue weighted by atomic mass is 10.1. The Labute approximate surface area is 99.2 Å². The maximum absolute atomic E-state index is 11.5. The van der Waals surface area contributed by atoms with Gasteiger partial charge < -0.3 is 10.6 Å². The largest absolute Gasteiger partial charge is 0.355 e. The van der Waals surface area contributed by atoms with Crippen molar-refractivity contribution in [2.45, 2.75) is 6.42 Å². The Kier molecular flexibility index (Phi) is 5.09. The summed E-state index contributed by atoms with van der Waals surface area (Å²) in [6.45, 7) is 1.24. The average Bonchev–Trinajstić information content (AvgIpc) is 2.29. The molecule has 1 aromatic rings. The van der Waals surface area contributed by atoms with Gasteiger partial charge in [-0.05, 0) is 12.6 Å². The number of nitro groups is 1.